The molecule has 0 aromatic carbocycles. The van der Waals surface area contributed by atoms with Gasteiger partial charge < -0.3 is 9.72 Å². The molecule has 1 rings (SSSR count). The fraction of sp³-hybridized carbons (Fsp3) is 0.545. The number of hydrogen-bond acceptors (Lipinski definition) is 4. The first-order chi connectivity index (χ1) is 7.56. The molecule has 5 heteroatoms. The van der Waals surface area contributed by atoms with Crippen molar-refractivity contribution in [2.45, 2.75) is 26.7 Å². The molecule has 0 saturated carbocycles. The summed E-state index contributed by atoms with van der Waals surface area (Å²) in [5.74, 6) is -0.581. The molecule has 1 N–H and O–H groups in total. The van der Waals surface area contributed by atoms with E-state index < -0.39 is 5.69 Å². The number of nitrogens with one attached hydrogen (secondary N) is 1. The molecule has 88 valence electrons. The fourth-order valence-electron chi connectivity index (χ4n) is 1.55. The van der Waals surface area contributed by atoms with E-state index in [0.717, 1.165) is 0 Å². The van der Waals surface area contributed by atoms with Crippen LogP contribution in [0.15, 0.2) is 17.2 Å². The van der Waals surface area contributed by atoms with Gasteiger partial charge in [0, 0.05) is 18.0 Å². The van der Waals surface area contributed by atoms with E-state index in [2.05, 4.69) is 9.97 Å². The predicted octanol–water partition coefficient (Wildman–Crippen LogP) is 1.07. The van der Waals surface area contributed by atoms with Gasteiger partial charge in [0.25, 0.3) is 0 Å². The van der Waals surface area contributed by atoms with Crippen molar-refractivity contribution in [2.24, 2.45) is 5.92 Å². The summed E-state index contributed by atoms with van der Waals surface area (Å²) in [6, 6.07) is 0. The second kappa shape index (κ2) is 5.44. The Morgan fingerprint density at radius 2 is 2.25 bits per heavy atom. The maximum absolute atomic E-state index is 11.7. The van der Waals surface area contributed by atoms with E-state index >= 15 is 0 Å². The molecular weight excluding hydrogens is 208 g/mol. The van der Waals surface area contributed by atoms with Gasteiger partial charge in [-0.3, -0.25) is 4.79 Å². The Balaban J connectivity index is 2.98. The van der Waals surface area contributed by atoms with Gasteiger partial charge in [0.2, 0.25) is 0 Å². The molecule has 1 aromatic rings. The highest BCUT2D eigenvalue weighted by Gasteiger charge is 2.25. The summed E-state index contributed by atoms with van der Waals surface area (Å²) in [7, 11) is 0. The van der Waals surface area contributed by atoms with Crippen LogP contribution >= 0.6 is 0 Å². The molecule has 0 aliphatic carbocycles. The Morgan fingerprint density at radius 3 is 2.69 bits per heavy atom. The van der Waals surface area contributed by atoms with Crippen molar-refractivity contribution in [3.63, 3.8) is 0 Å². The molecule has 1 aromatic heterocycles. The van der Waals surface area contributed by atoms with Gasteiger partial charge in [0.1, 0.15) is 0 Å². The maximum atomic E-state index is 11.7. The molecule has 0 radical (unpaired) electrons. The monoisotopic (exact) mass is 224 g/mol. The van der Waals surface area contributed by atoms with Crippen molar-refractivity contribution in [1.82, 2.24) is 9.97 Å². The van der Waals surface area contributed by atoms with Crippen molar-refractivity contribution in [3.05, 3.63) is 28.4 Å². The Morgan fingerprint density at radius 1 is 1.56 bits per heavy atom. The zero-order valence-corrected chi connectivity index (χ0v) is 9.69. The SMILES string of the molecule is CCOC(=O)C(c1cnc(=O)[nH]c1)C(C)C. The molecule has 0 bridgehead atoms. The van der Waals surface area contributed by atoms with Crippen molar-refractivity contribution in [2.75, 3.05) is 6.61 Å². The number of aromatic nitrogens is 2. The number of rotatable bonds is 4. The summed E-state index contributed by atoms with van der Waals surface area (Å²) in [6.45, 7) is 5.96. The average Bonchev–Trinajstić information content (AvgIpc) is 2.21. The van der Waals surface area contributed by atoms with E-state index in [9.17, 15) is 9.59 Å². The number of aromatic amines is 1. The van der Waals surface area contributed by atoms with Crippen LogP contribution in [0.2, 0.25) is 0 Å². The lowest BCUT2D eigenvalue weighted by Gasteiger charge is -2.18. The zero-order chi connectivity index (χ0) is 12.1. The molecule has 16 heavy (non-hydrogen) atoms. The highest BCUT2D eigenvalue weighted by atomic mass is 16.5. The molecule has 1 atom stereocenters. The Bertz CT molecular complexity index is 391. The Kier molecular flexibility index (Phi) is 4.22. The van der Waals surface area contributed by atoms with Crippen molar-refractivity contribution in [3.8, 4) is 0 Å². The number of ether oxygens (including phenoxy) is 1. The van der Waals surface area contributed by atoms with Crippen LogP contribution < -0.4 is 5.69 Å². The molecule has 0 fully saturated rings. The third-order valence-electron chi connectivity index (χ3n) is 2.26. The topological polar surface area (TPSA) is 72.0 Å². The molecule has 0 amide bonds. The molecule has 1 heterocycles. The molecule has 1 unspecified atom stereocenters. The fourth-order valence-corrected chi connectivity index (χ4v) is 1.55. The molecular formula is C11H16N2O3. The van der Waals surface area contributed by atoms with Crippen molar-refractivity contribution >= 4 is 5.97 Å². The second-order valence-corrected chi connectivity index (χ2v) is 3.83. The van der Waals surface area contributed by atoms with Crippen LogP contribution in [0.4, 0.5) is 0 Å². The van der Waals surface area contributed by atoms with Gasteiger partial charge in [-0.15, -0.1) is 0 Å². The number of carbonyl (C=O) groups excluding carboxylic acids is 1. The maximum Gasteiger partial charge on any atom is 0.344 e. The van der Waals surface area contributed by atoms with Crippen LogP contribution in [0, 0.1) is 5.92 Å². The molecule has 0 aliphatic rings. The second-order valence-electron chi connectivity index (χ2n) is 3.83. The van der Waals surface area contributed by atoms with Crippen LogP contribution in [-0.4, -0.2) is 22.5 Å². The Hall–Kier alpha value is -1.65. The summed E-state index contributed by atoms with van der Waals surface area (Å²) >= 11 is 0. The molecule has 5 nitrogen and oxygen atoms in total. The smallest absolute Gasteiger partial charge is 0.344 e. The zero-order valence-electron chi connectivity index (χ0n) is 9.69. The summed E-state index contributed by atoms with van der Waals surface area (Å²) in [6.07, 6.45) is 2.93. The van der Waals surface area contributed by atoms with Crippen LogP contribution in [0.25, 0.3) is 0 Å². The van der Waals surface area contributed by atoms with Crippen LogP contribution in [0.5, 0.6) is 0 Å². The van der Waals surface area contributed by atoms with Crippen LogP contribution in [0.3, 0.4) is 0 Å². The van der Waals surface area contributed by atoms with E-state index in [0.29, 0.717) is 12.2 Å². The minimum Gasteiger partial charge on any atom is -0.466 e. The van der Waals surface area contributed by atoms with E-state index in [-0.39, 0.29) is 17.8 Å². The quantitative estimate of drug-likeness (QED) is 0.776. The van der Waals surface area contributed by atoms with Crippen LogP contribution in [-0.2, 0) is 9.53 Å². The van der Waals surface area contributed by atoms with Gasteiger partial charge >= 0.3 is 11.7 Å². The Labute approximate surface area is 93.9 Å². The summed E-state index contributed by atoms with van der Waals surface area (Å²) in [5, 5.41) is 0. The first-order valence-electron chi connectivity index (χ1n) is 5.27. The lowest BCUT2D eigenvalue weighted by atomic mass is 9.90. The van der Waals surface area contributed by atoms with Gasteiger partial charge in [-0.05, 0) is 12.8 Å². The van der Waals surface area contributed by atoms with E-state index in [4.69, 9.17) is 4.74 Å². The van der Waals surface area contributed by atoms with Gasteiger partial charge in [0.15, 0.2) is 0 Å². The number of hydrogen-bond donors (Lipinski definition) is 1. The lowest BCUT2D eigenvalue weighted by Crippen LogP contribution is -2.22. The third kappa shape index (κ3) is 2.92. The molecule has 0 spiro atoms. The average molecular weight is 224 g/mol. The highest BCUT2D eigenvalue weighted by Crippen LogP contribution is 2.24. The van der Waals surface area contributed by atoms with Gasteiger partial charge in [-0.2, -0.15) is 0 Å². The summed E-state index contributed by atoms with van der Waals surface area (Å²) < 4.78 is 4.99. The lowest BCUT2D eigenvalue weighted by molar-refractivity contribution is -0.146. The van der Waals surface area contributed by atoms with Crippen molar-refractivity contribution in [1.29, 1.82) is 0 Å². The predicted molar refractivity (Wildman–Crippen MR) is 59.1 cm³/mol. The summed E-state index contributed by atoms with van der Waals surface area (Å²) in [4.78, 5) is 28.6. The van der Waals surface area contributed by atoms with Gasteiger partial charge in [0.05, 0.1) is 12.5 Å². The molecule has 0 aliphatic heterocycles. The standard InChI is InChI=1S/C11H16N2O3/c1-4-16-10(14)9(7(2)3)8-5-12-11(15)13-6-8/h5-7,9H,4H2,1-3H3,(H,12,13,15). The number of esters is 1. The van der Waals surface area contributed by atoms with Gasteiger partial charge in [-0.25, -0.2) is 9.78 Å². The van der Waals surface area contributed by atoms with Crippen molar-refractivity contribution < 1.29 is 9.53 Å². The first-order valence-corrected chi connectivity index (χ1v) is 5.27. The largest absolute Gasteiger partial charge is 0.466 e. The first kappa shape index (κ1) is 12.4. The van der Waals surface area contributed by atoms with Crippen LogP contribution in [0.1, 0.15) is 32.3 Å². The molecule has 0 saturated heterocycles. The normalized spacial score (nSPS) is 12.5. The number of nitrogens with zero attached hydrogens (tertiary/aromatic N) is 1. The van der Waals surface area contributed by atoms with Gasteiger partial charge in [-0.1, -0.05) is 13.8 Å². The van der Waals surface area contributed by atoms with E-state index in [1.54, 1.807) is 6.92 Å². The van der Waals surface area contributed by atoms with E-state index in [1.807, 2.05) is 13.8 Å². The third-order valence-corrected chi connectivity index (χ3v) is 2.26. The highest BCUT2D eigenvalue weighted by molar-refractivity contribution is 5.78. The minimum absolute atomic E-state index is 0.0896. The number of carbonyl (C=O) groups is 1. The minimum atomic E-state index is -0.421. The number of H-pyrrole nitrogens is 1. The summed E-state index contributed by atoms with van der Waals surface area (Å²) in [5.41, 5.74) is 0.253. The van der Waals surface area contributed by atoms with E-state index in [1.165, 1.54) is 12.4 Å².